The van der Waals surface area contributed by atoms with Gasteiger partial charge in [-0.2, -0.15) is 0 Å². The van der Waals surface area contributed by atoms with Crippen LogP contribution < -0.4 is 0 Å². The zero-order valence-electron chi connectivity index (χ0n) is 9.53. The van der Waals surface area contributed by atoms with E-state index in [-0.39, 0.29) is 6.61 Å². The summed E-state index contributed by atoms with van der Waals surface area (Å²) in [5.41, 5.74) is 4.31. The molecule has 0 aliphatic heterocycles. The smallest absolute Gasteiger partial charge is 0.139 e. The lowest BCUT2D eigenvalue weighted by atomic mass is 10.0. The molecule has 0 aliphatic carbocycles. The molecule has 0 saturated carbocycles. The minimum atomic E-state index is 0.0848. The second kappa shape index (κ2) is 4.49. The summed E-state index contributed by atoms with van der Waals surface area (Å²) in [5, 5.41) is 12.8. The van der Waals surface area contributed by atoms with E-state index in [2.05, 4.69) is 37.2 Å². The molecule has 0 atom stereocenters. The topological polar surface area (TPSA) is 46.3 Å². The minimum Gasteiger partial charge on any atom is -0.396 e. The Morgan fingerprint density at radius 2 is 1.81 bits per heavy atom. The Balaban J connectivity index is 2.34. The Labute approximate surface area is 94.7 Å². The van der Waals surface area contributed by atoms with E-state index < -0.39 is 0 Å². The van der Waals surface area contributed by atoms with Crippen LogP contribution in [0.3, 0.4) is 0 Å². The SMILES string of the molecule is Cc1cc(C)cc(-c2cc(CCO)on2)c1. The number of aromatic nitrogens is 1. The standard InChI is InChI=1S/C13H15NO2/c1-9-5-10(2)7-11(6-9)13-8-12(3-4-15)16-14-13/h5-8,15H,3-4H2,1-2H3. The van der Waals surface area contributed by atoms with Crippen LogP contribution in [-0.4, -0.2) is 16.9 Å². The van der Waals surface area contributed by atoms with E-state index in [1.54, 1.807) is 0 Å². The third-order valence-electron chi connectivity index (χ3n) is 2.43. The number of aliphatic hydroxyl groups excluding tert-OH is 1. The Morgan fingerprint density at radius 3 is 2.44 bits per heavy atom. The van der Waals surface area contributed by atoms with Crippen LogP contribution in [-0.2, 0) is 6.42 Å². The van der Waals surface area contributed by atoms with Crippen molar-refractivity contribution in [2.45, 2.75) is 20.3 Å². The molecule has 3 heteroatoms. The highest BCUT2D eigenvalue weighted by molar-refractivity contribution is 5.61. The Bertz CT molecular complexity index is 468. The molecule has 84 valence electrons. The third-order valence-corrected chi connectivity index (χ3v) is 2.43. The fourth-order valence-corrected chi connectivity index (χ4v) is 1.80. The zero-order valence-corrected chi connectivity index (χ0v) is 9.53. The highest BCUT2D eigenvalue weighted by Gasteiger charge is 2.06. The number of hydrogen-bond donors (Lipinski definition) is 1. The molecule has 2 aromatic rings. The van der Waals surface area contributed by atoms with Crippen molar-refractivity contribution in [3.8, 4) is 11.3 Å². The van der Waals surface area contributed by atoms with Gasteiger partial charge in [-0.1, -0.05) is 22.3 Å². The maximum Gasteiger partial charge on any atom is 0.139 e. The van der Waals surface area contributed by atoms with Crippen molar-refractivity contribution in [2.24, 2.45) is 0 Å². The molecular weight excluding hydrogens is 202 g/mol. The normalized spacial score (nSPS) is 10.7. The van der Waals surface area contributed by atoms with E-state index in [0.29, 0.717) is 6.42 Å². The van der Waals surface area contributed by atoms with Crippen LogP contribution >= 0.6 is 0 Å². The number of nitrogens with zero attached hydrogens (tertiary/aromatic N) is 1. The zero-order chi connectivity index (χ0) is 11.5. The van der Waals surface area contributed by atoms with E-state index >= 15 is 0 Å². The second-order valence-corrected chi connectivity index (χ2v) is 4.03. The highest BCUT2D eigenvalue weighted by Crippen LogP contribution is 2.22. The van der Waals surface area contributed by atoms with Crippen LogP contribution in [0.1, 0.15) is 16.9 Å². The largest absolute Gasteiger partial charge is 0.396 e. The van der Waals surface area contributed by atoms with Gasteiger partial charge in [-0.25, -0.2) is 0 Å². The van der Waals surface area contributed by atoms with Gasteiger partial charge in [0.15, 0.2) is 0 Å². The molecule has 0 fully saturated rings. The van der Waals surface area contributed by atoms with Crippen LogP contribution in [0.5, 0.6) is 0 Å². The lowest BCUT2D eigenvalue weighted by Gasteiger charge is -2.00. The van der Waals surface area contributed by atoms with Gasteiger partial charge < -0.3 is 9.63 Å². The molecule has 0 spiro atoms. The van der Waals surface area contributed by atoms with E-state index in [0.717, 1.165) is 17.0 Å². The van der Waals surface area contributed by atoms with Crippen molar-refractivity contribution in [1.82, 2.24) is 5.16 Å². The molecule has 0 saturated heterocycles. The van der Waals surface area contributed by atoms with Crippen LogP contribution in [0.4, 0.5) is 0 Å². The van der Waals surface area contributed by atoms with E-state index in [1.807, 2.05) is 6.07 Å². The molecule has 0 aliphatic rings. The molecule has 16 heavy (non-hydrogen) atoms. The average molecular weight is 217 g/mol. The van der Waals surface area contributed by atoms with Gasteiger partial charge in [0.2, 0.25) is 0 Å². The highest BCUT2D eigenvalue weighted by atomic mass is 16.5. The predicted octanol–water partition coefficient (Wildman–Crippen LogP) is 2.49. The van der Waals surface area contributed by atoms with Gasteiger partial charge in [0.25, 0.3) is 0 Å². The Kier molecular flexibility index (Phi) is 3.06. The maximum absolute atomic E-state index is 8.80. The number of aryl methyl sites for hydroxylation is 2. The fourth-order valence-electron chi connectivity index (χ4n) is 1.80. The van der Waals surface area contributed by atoms with E-state index in [9.17, 15) is 0 Å². The number of hydrogen-bond acceptors (Lipinski definition) is 3. The molecule has 1 aromatic carbocycles. The van der Waals surface area contributed by atoms with Crippen molar-refractivity contribution in [2.75, 3.05) is 6.61 Å². The number of rotatable bonds is 3. The van der Waals surface area contributed by atoms with Crippen LogP contribution in [0.15, 0.2) is 28.8 Å². The molecule has 2 rings (SSSR count). The molecular formula is C13H15NO2. The maximum atomic E-state index is 8.80. The lowest BCUT2D eigenvalue weighted by Crippen LogP contribution is -1.86. The summed E-state index contributed by atoms with van der Waals surface area (Å²) in [4.78, 5) is 0. The summed E-state index contributed by atoms with van der Waals surface area (Å²) in [7, 11) is 0. The van der Waals surface area contributed by atoms with Crippen LogP contribution in [0.25, 0.3) is 11.3 Å². The summed E-state index contributed by atoms with van der Waals surface area (Å²) in [6.45, 7) is 4.21. The van der Waals surface area contributed by atoms with Crippen molar-refractivity contribution in [1.29, 1.82) is 0 Å². The van der Waals surface area contributed by atoms with Crippen molar-refractivity contribution in [3.63, 3.8) is 0 Å². The lowest BCUT2D eigenvalue weighted by molar-refractivity contribution is 0.277. The van der Waals surface area contributed by atoms with Crippen LogP contribution in [0, 0.1) is 13.8 Å². The van der Waals surface area contributed by atoms with E-state index in [4.69, 9.17) is 9.63 Å². The molecule has 0 unspecified atom stereocenters. The first-order valence-electron chi connectivity index (χ1n) is 5.34. The summed E-state index contributed by atoms with van der Waals surface area (Å²) in [5.74, 6) is 0.719. The predicted molar refractivity (Wildman–Crippen MR) is 62.2 cm³/mol. The summed E-state index contributed by atoms with van der Waals surface area (Å²) >= 11 is 0. The average Bonchev–Trinajstić information content (AvgIpc) is 2.65. The third kappa shape index (κ3) is 2.31. The van der Waals surface area contributed by atoms with Gasteiger partial charge in [-0.15, -0.1) is 0 Å². The molecule has 0 radical (unpaired) electrons. The molecule has 0 amide bonds. The number of benzene rings is 1. The molecule has 1 aromatic heterocycles. The second-order valence-electron chi connectivity index (χ2n) is 4.03. The molecule has 1 N–H and O–H groups in total. The Hall–Kier alpha value is -1.61. The van der Waals surface area contributed by atoms with Gasteiger partial charge in [0.1, 0.15) is 11.5 Å². The molecule has 1 heterocycles. The quantitative estimate of drug-likeness (QED) is 0.859. The fraction of sp³-hybridized carbons (Fsp3) is 0.308. The summed E-state index contributed by atoms with van der Waals surface area (Å²) < 4.78 is 5.13. The first-order chi connectivity index (χ1) is 7.69. The van der Waals surface area contributed by atoms with Gasteiger partial charge in [-0.3, -0.25) is 0 Å². The van der Waals surface area contributed by atoms with Crippen molar-refractivity contribution < 1.29 is 9.63 Å². The first-order valence-corrected chi connectivity index (χ1v) is 5.34. The molecule has 0 bridgehead atoms. The number of aliphatic hydroxyl groups is 1. The van der Waals surface area contributed by atoms with Gasteiger partial charge in [0.05, 0.1) is 6.61 Å². The van der Waals surface area contributed by atoms with Gasteiger partial charge in [0, 0.05) is 18.1 Å². The van der Waals surface area contributed by atoms with Crippen LogP contribution in [0.2, 0.25) is 0 Å². The molecule has 3 nitrogen and oxygen atoms in total. The van der Waals surface area contributed by atoms with Crippen molar-refractivity contribution in [3.05, 3.63) is 41.2 Å². The summed E-state index contributed by atoms with van der Waals surface area (Å²) in [6.07, 6.45) is 0.512. The van der Waals surface area contributed by atoms with Gasteiger partial charge in [-0.05, 0) is 26.0 Å². The Morgan fingerprint density at radius 1 is 1.12 bits per heavy atom. The monoisotopic (exact) mass is 217 g/mol. The first kappa shape index (κ1) is 10.9. The summed E-state index contributed by atoms with van der Waals surface area (Å²) in [6, 6.07) is 8.16. The van der Waals surface area contributed by atoms with E-state index in [1.165, 1.54) is 11.1 Å². The minimum absolute atomic E-state index is 0.0848. The van der Waals surface area contributed by atoms with Gasteiger partial charge >= 0.3 is 0 Å². The van der Waals surface area contributed by atoms with Crippen molar-refractivity contribution >= 4 is 0 Å².